The number of thioether (sulfide) groups is 1. The van der Waals surface area contributed by atoms with Gasteiger partial charge in [-0.1, -0.05) is 0 Å². The van der Waals surface area contributed by atoms with E-state index in [9.17, 15) is 33.9 Å². The number of amides is 2. The second kappa shape index (κ2) is 8.80. The lowest BCUT2D eigenvalue weighted by Crippen LogP contribution is -2.70. The molecule has 0 unspecified atom stereocenters. The second-order valence-electron chi connectivity index (χ2n) is 5.93. The van der Waals surface area contributed by atoms with Gasteiger partial charge in [-0.2, -0.15) is 0 Å². The number of aliphatic carboxylic acids is 1. The molecule has 27 heavy (non-hydrogen) atoms. The monoisotopic (exact) mass is 398 g/mol. The molecule has 2 amide bonds. The highest BCUT2D eigenvalue weighted by Crippen LogP contribution is 2.40. The van der Waals surface area contributed by atoms with Crippen LogP contribution in [-0.4, -0.2) is 69.6 Å². The molecule has 0 bridgehead atoms. The largest absolute Gasteiger partial charge is 0.477 e. The summed E-state index contributed by atoms with van der Waals surface area (Å²) in [4.78, 5) is 69.0. The number of fused-ring (bicyclic) bond motifs is 1. The van der Waals surface area contributed by atoms with E-state index in [0.717, 1.165) is 4.90 Å². The maximum atomic E-state index is 12.4. The molecule has 0 spiro atoms. The molecule has 0 aromatic carbocycles. The number of nitrogens with one attached hydrogen (secondary N) is 1. The number of aldehydes is 1. The summed E-state index contributed by atoms with van der Waals surface area (Å²) in [6, 6.07) is -0.867. The van der Waals surface area contributed by atoms with E-state index < -0.39 is 41.0 Å². The maximum absolute atomic E-state index is 12.4. The van der Waals surface area contributed by atoms with Crippen molar-refractivity contribution in [1.29, 1.82) is 0 Å². The number of carboxylic acid groups (broad SMARTS) is 1. The summed E-state index contributed by atoms with van der Waals surface area (Å²) in [6.07, 6.45) is 0.293. The number of ether oxygens (including phenoxy) is 1. The van der Waals surface area contributed by atoms with Crippen LogP contribution >= 0.6 is 11.8 Å². The van der Waals surface area contributed by atoms with Crippen LogP contribution in [0.3, 0.4) is 0 Å². The quantitative estimate of drug-likeness (QED) is 0.221. The number of nitrogens with zero attached hydrogens (tertiary/aromatic N) is 1. The smallest absolute Gasteiger partial charge is 0.352 e. The molecule has 0 radical (unpaired) electrons. The summed E-state index contributed by atoms with van der Waals surface area (Å²) in [5, 5.41) is 11.4. The number of rotatable bonds is 9. The van der Waals surface area contributed by atoms with E-state index in [1.807, 2.05) is 0 Å². The van der Waals surface area contributed by atoms with Crippen LogP contribution in [0.1, 0.15) is 26.2 Å². The van der Waals surface area contributed by atoms with Crippen molar-refractivity contribution in [2.24, 2.45) is 0 Å². The fourth-order valence-electron chi connectivity index (χ4n) is 2.71. The van der Waals surface area contributed by atoms with Crippen molar-refractivity contribution in [2.45, 2.75) is 37.6 Å². The molecule has 2 rings (SSSR count). The second-order valence-corrected chi connectivity index (χ2v) is 7.04. The fraction of sp³-hybridized carbons (Fsp3) is 0.500. The third-order valence-corrected chi connectivity index (χ3v) is 5.31. The normalized spacial score (nSPS) is 21.1. The van der Waals surface area contributed by atoms with E-state index in [-0.39, 0.29) is 43.6 Å². The van der Waals surface area contributed by atoms with Gasteiger partial charge in [-0.25, -0.2) is 4.79 Å². The van der Waals surface area contributed by atoms with Crippen LogP contribution in [0.2, 0.25) is 0 Å². The summed E-state index contributed by atoms with van der Waals surface area (Å²) >= 11 is 1.26. The zero-order valence-corrected chi connectivity index (χ0v) is 15.2. The summed E-state index contributed by atoms with van der Waals surface area (Å²) in [7, 11) is 0. The van der Waals surface area contributed by atoms with E-state index in [2.05, 4.69) is 5.32 Å². The number of hydrogen-bond acceptors (Lipinski definition) is 8. The first-order valence-corrected chi connectivity index (χ1v) is 9.11. The zero-order chi connectivity index (χ0) is 20.1. The third-order valence-electron chi connectivity index (χ3n) is 3.97. The topological polar surface area (TPSA) is 147 Å². The fourth-order valence-corrected chi connectivity index (χ4v) is 4.04. The van der Waals surface area contributed by atoms with Gasteiger partial charge in [0.05, 0.1) is 0 Å². The molecule has 0 aliphatic carbocycles. The Morgan fingerprint density at radius 2 is 2.04 bits per heavy atom. The van der Waals surface area contributed by atoms with Crippen molar-refractivity contribution in [3.8, 4) is 0 Å². The van der Waals surface area contributed by atoms with Crippen LogP contribution in [0.5, 0.6) is 0 Å². The number of β-lactam (4-membered cyclic amide) rings is 1. The minimum absolute atomic E-state index is 0.0277. The highest BCUT2D eigenvalue weighted by atomic mass is 32.2. The maximum Gasteiger partial charge on any atom is 0.352 e. The Morgan fingerprint density at radius 3 is 2.63 bits per heavy atom. The Bertz CT molecular complexity index is 732. The van der Waals surface area contributed by atoms with Gasteiger partial charge < -0.3 is 15.2 Å². The van der Waals surface area contributed by atoms with Crippen LogP contribution < -0.4 is 5.32 Å². The van der Waals surface area contributed by atoms with Crippen molar-refractivity contribution in [2.75, 3.05) is 12.4 Å². The van der Waals surface area contributed by atoms with Gasteiger partial charge in [-0.15, -0.1) is 11.8 Å². The Kier molecular flexibility index (Phi) is 6.72. The average molecular weight is 398 g/mol. The van der Waals surface area contributed by atoms with Gasteiger partial charge in [0.1, 0.15) is 23.7 Å². The number of ketones is 1. The molecule has 1 fully saturated rings. The predicted octanol–water partition coefficient (Wildman–Crippen LogP) is -0.774. The van der Waals surface area contributed by atoms with Gasteiger partial charge in [-0.05, 0) is 6.42 Å². The molecule has 0 aromatic rings. The molecular formula is C16H18N2O8S. The van der Waals surface area contributed by atoms with E-state index >= 15 is 0 Å². The molecule has 11 heteroatoms. The number of hydrogen-bond donors (Lipinski definition) is 2. The molecular weight excluding hydrogens is 380 g/mol. The number of carbonyl (C=O) groups is 6. The molecule has 0 saturated carbocycles. The number of esters is 1. The van der Waals surface area contributed by atoms with Gasteiger partial charge in [0.15, 0.2) is 12.1 Å². The molecule has 0 aromatic heterocycles. The van der Waals surface area contributed by atoms with Crippen molar-refractivity contribution < 1.29 is 38.6 Å². The number of carboxylic acids is 1. The Hall–Kier alpha value is -2.69. The first-order valence-electron chi connectivity index (χ1n) is 8.07. The van der Waals surface area contributed by atoms with Crippen molar-refractivity contribution in [3.05, 3.63) is 11.3 Å². The van der Waals surface area contributed by atoms with Crippen LogP contribution in [0.25, 0.3) is 0 Å². The summed E-state index contributed by atoms with van der Waals surface area (Å²) in [6.45, 7) is 0.977. The first-order chi connectivity index (χ1) is 12.8. The first kappa shape index (κ1) is 20.6. The minimum Gasteiger partial charge on any atom is -0.477 e. The third kappa shape index (κ3) is 4.73. The van der Waals surface area contributed by atoms with E-state index in [0.29, 0.717) is 5.57 Å². The summed E-state index contributed by atoms with van der Waals surface area (Å²) in [5.41, 5.74) is 0.0801. The SMILES string of the molecule is CC(=O)OCC1=C(C(=O)O)N2C(=O)[C@@H](NC(=O)CCCC(=O)C=O)[C@H]2SC1. The molecule has 1 saturated heterocycles. The van der Waals surface area contributed by atoms with Crippen molar-refractivity contribution >= 4 is 47.6 Å². The Labute approximate surface area is 158 Å². The molecule has 2 N–H and O–H groups in total. The molecule has 146 valence electrons. The van der Waals surface area contributed by atoms with Gasteiger partial charge in [0.25, 0.3) is 5.91 Å². The molecule has 2 aliphatic rings. The van der Waals surface area contributed by atoms with E-state index in [1.54, 1.807) is 0 Å². The lowest BCUT2D eigenvalue weighted by atomic mass is 10.0. The highest BCUT2D eigenvalue weighted by Gasteiger charge is 2.54. The summed E-state index contributed by atoms with van der Waals surface area (Å²) < 4.78 is 4.84. The van der Waals surface area contributed by atoms with Crippen LogP contribution in [0, 0.1) is 0 Å². The molecule has 10 nitrogen and oxygen atoms in total. The molecule has 2 atom stereocenters. The van der Waals surface area contributed by atoms with Gasteiger partial charge in [-0.3, -0.25) is 28.9 Å². The van der Waals surface area contributed by atoms with Gasteiger partial charge in [0.2, 0.25) is 5.91 Å². The predicted molar refractivity (Wildman–Crippen MR) is 91.2 cm³/mol. The lowest BCUT2D eigenvalue weighted by molar-refractivity contribution is -0.151. The van der Waals surface area contributed by atoms with E-state index in [4.69, 9.17) is 4.74 Å². The van der Waals surface area contributed by atoms with Crippen LogP contribution in [0.15, 0.2) is 11.3 Å². The lowest BCUT2D eigenvalue weighted by Gasteiger charge is -2.49. The van der Waals surface area contributed by atoms with Crippen LogP contribution in [-0.2, 0) is 33.5 Å². The standard InChI is InChI=1S/C16H18N2O8S/c1-8(20)26-6-9-7-27-15-12(14(23)18(15)13(9)16(24)25)17-11(22)4-2-3-10(21)5-19/h5,12,15H,2-4,6-7H2,1H3,(H,17,22)(H,24,25)/t12-,15-/m1/s1. The zero-order valence-electron chi connectivity index (χ0n) is 14.4. The van der Waals surface area contributed by atoms with Crippen molar-refractivity contribution in [1.82, 2.24) is 10.2 Å². The van der Waals surface area contributed by atoms with E-state index in [1.165, 1.54) is 18.7 Å². The highest BCUT2D eigenvalue weighted by molar-refractivity contribution is 8.00. The van der Waals surface area contributed by atoms with Gasteiger partial charge in [0, 0.05) is 31.1 Å². The Balaban J connectivity index is 1.99. The molecule has 2 heterocycles. The molecule has 2 aliphatic heterocycles. The van der Waals surface area contributed by atoms with Crippen LogP contribution in [0.4, 0.5) is 0 Å². The number of carbonyl (C=O) groups excluding carboxylic acids is 5. The Morgan fingerprint density at radius 1 is 1.33 bits per heavy atom. The summed E-state index contributed by atoms with van der Waals surface area (Å²) in [5.74, 6) is -3.27. The average Bonchev–Trinajstić information content (AvgIpc) is 2.62. The number of Topliss-reactive ketones (excluding diaryl/α,β-unsaturated/α-hetero) is 1. The van der Waals surface area contributed by atoms with Gasteiger partial charge >= 0.3 is 11.9 Å². The minimum atomic E-state index is -1.31. The van der Waals surface area contributed by atoms with Crippen molar-refractivity contribution in [3.63, 3.8) is 0 Å².